The molecule has 162 valence electrons. The predicted molar refractivity (Wildman–Crippen MR) is 119 cm³/mol. The molecule has 9 nitrogen and oxygen atoms in total. The lowest BCUT2D eigenvalue weighted by molar-refractivity contribution is -0.384. The fourth-order valence-electron chi connectivity index (χ4n) is 2.76. The molecule has 0 saturated carbocycles. The monoisotopic (exact) mass is 440 g/mol. The second-order valence-corrected chi connectivity index (χ2v) is 8.78. The van der Waals surface area contributed by atoms with Crippen LogP contribution in [-0.4, -0.2) is 31.3 Å². The summed E-state index contributed by atoms with van der Waals surface area (Å²) >= 11 is 1.50. The van der Waals surface area contributed by atoms with Crippen LogP contribution in [0, 0.1) is 10.1 Å². The molecule has 2 aromatic carbocycles. The van der Waals surface area contributed by atoms with E-state index in [1.807, 2.05) is 51.1 Å². The summed E-state index contributed by atoms with van der Waals surface area (Å²) in [5.74, 6) is 1.21. The third-order valence-corrected chi connectivity index (χ3v) is 5.13. The molecule has 0 aliphatic rings. The number of carbonyl (C=O) groups is 1. The number of urea groups is 1. The van der Waals surface area contributed by atoms with Crippen LogP contribution >= 0.6 is 11.8 Å². The summed E-state index contributed by atoms with van der Waals surface area (Å²) in [5.41, 5.74) is 1.45. The van der Waals surface area contributed by atoms with Crippen molar-refractivity contribution in [1.82, 2.24) is 25.4 Å². The third kappa shape index (κ3) is 6.29. The first-order valence-electron chi connectivity index (χ1n) is 9.65. The van der Waals surface area contributed by atoms with Crippen molar-refractivity contribution in [2.45, 2.75) is 43.8 Å². The molecule has 0 atom stereocenters. The van der Waals surface area contributed by atoms with Crippen LogP contribution in [0.15, 0.2) is 59.8 Å². The van der Waals surface area contributed by atoms with Crippen LogP contribution < -0.4 is 10.6 Å². The molecular formula is C21H24N6O3S. The molecule has 2 N–H and O–H groups in total. The minimum absolute atomic E-state index is 0.000423. The van der Waals surface area contributed by atoms with Gasteiger partial charge in [-0.15, -0.1) is 10.2 Å². The van der Waals surface area contributed by atoms with Crippen LogP contribution in [-0.2, 0) is 12.3 Å². The van der Waals surface area contributed by atoms with Gasteiger partial charge in [-0.2, -0.15) is 0 Å². The van der Waals surface area contributed by atoms with E-state index in [9.17, 15) is 14.9 Å². The van der Waals surface area contributed by atoms with E-state index in [1.165, 1.54) is 23.9 Å². The molecule has 3 rings (SSSR count). The Hall–Kier alpha value is -3.40. The molecule has 0 unspecified atom stereocenters. The third-order valence-electron chi connectivity index (χ3n) is 4.13. The molecule has 0 saturated heterocycles. The van der Waals surface area contributed by atoms with Crippen molar-refractivity contribution in [2.75, 3.05) is 0 Å². The van der Waals surface area contributed by atoms with Crippen LogP contribution in [0.25, 0.3) is 5.69 Å². The minimum Gasteiger partial charge on any atom is -0.334 e. The van der Waals surface area contributed by atoms with E-state index in [0.29, 0.717) is 22.4 Å². The van der Waals surface area contributed by atoms with Crippen molar-refractivity contribution in [3.05, 3.63) is 76.1 Å². The van der Waals surface area contributed by atoms with Gasteiger partial charge in [-0.05, 0) is 38.5 Å². The first-order valence-corrected chi connectivity index (χ1v) is 10.6. The summed E-state index contributed by atoms with van der Waals surface area (Å²) in [6.45, 7) is 5.83. The molecule has 1 heterocycles. The van der Waals surface area contributed by atoms with Crippen LogP contribution in [0.4, 0.5) is 10.5 Å². The Balaban J connectivity index is 1.84. The van der Waals surface area contributed by atoms with Crippen LogP contribution in [0.5, 0.6) is 0 Å². The Morgan fingerprint density at radius 2 is 1.77 bits per heavy atom. The maximum atomic E-state index is 12.2. The van der Waals surface area contributed by atoms with Crippen molar-refractivity contribution < 1.29 is 9.72 Å². The summed E-state index contributed by atoms with van der Waals surface area (Å²) in [7, 11) is 0. The molecule has 3 aromatic rings. The van der Waals surface area contributed by atoms with Gasteiger partial charge in [-0.1, -0.05) is 42.1 Å². The molecule has 31 heavy (non-hydrogen) atoms. The molecule has 0 aliphatic carbocycles. The quantitative estimate of drug-likeness (QED) is 0.325. The van der Waals surface area contributed by atoms with E-state index in [0.717, 1.165) is 5.56 Å². The lowest BCUT2D eigenvalue weighted by atomic mass is 10.1. The fraction of sp³-hybridized carbons (Fsp3) is 0.286. The zero-order valence-electron chi connectivity index (χ0n) is 17.5. The Morgan fingerprint density at radius 1 is 1.10 bits per heavy atom. The summed E-state index contributed by atoms with van der Waals surface area (Å²) in [4.78, 5) is 22.7. The number of carbonyl (C=O) groups excluding carboxylic acids is 1. The standard InChI is InChI=1S/C21H24N6O3S/c1-21(2,3)23-19(28)22-13-18-24-25-20(31-14-15-7-5-4-6-8-15)26(18)16-9-11-17(12-10-16)27(29)30/h4-12H,13-14H2,1-3H3,(H2,22,23,28). The van der Waals surface area contributed by atoms with Gasteiger partial charge < -0.3 is 10.6 Å². The van der Waals surface area contributed by atoms with Gasteiger partial charge in [0.2, 0.25) is 0 Å². The number of nitrogens with zero attached hydrogens (tertiary/aromatic N) is 4. The van der Waals surface area contributed by atoms with Gasteiger partial charge in [0.05, 0.1) is 11.5 Å². The van der Waals surface area contributed by atoms with Crippen molar-refractivity contribution in [2.24, 2.45) is 0 Å². The van der Waals surface area contributed by atoms with Crippen molar-refractivity contribution in [3.63, 3.8) is 0 Å². The lowest BCUT2D eigenvalue weighted by Crippen LogP contribution is -2.46. The van der Waals surface area contributed by atoms with E-state index in [4.69, 9.17) is 0 Å². The summed E-state index contributed by atoms with van der Waals surface area (Å²) in [6.07, 6.45) is 0. The molecule has 10 heteroatoms. The van der Waals surface area contributed by atoms with Gasteiger partial charge in [0.1, 0.15) is 0 Å². The number of nitrogens with one attached hydrogen (secondary N) is 2. The maximum Gasteiger partial charge on any atom is 0.315 e. The van der Waals surface area contributed by atoms with E-state index in [2.05, 4.69) is 20.8 Å². The van der Waals surface area contributed by atoms with Crippen LogP contribution in [0.2, 0.25) is 0 Å². The number of thioether (sulfide) groups is 1. The summed E-state index contributed by atoms with van der Waals surface area (Å²) < 4.78 is 1.80. The highest BCUT2D eigenvalue weighted by Crippen LogP contribution is 2.26. The van der Waals surface area contributed by atoms with Crippen LogP contribution in [0.1, 0.15) is 32.2 Å². The Kier molecular flexibility index (Phi) is 6.91. The van der Waals surface area contributed by atoms with Crippen molar-refractivity contribution in [3.8, 4) is 5.69 Å². The first kappa shape index (κ1) is 22.3. The van der Waals surface area contributed by atoms with Crippen molar-refractivity contribution >= 4 is 23.5 Å². The number of benzene rings is 2. The molecule has 2 amide bonds. The van der Waals surface area contributed by atoms with Gasteiger partial charge in [-0.25, -0.2) is 4.79 Å². The number of non-ortho nitro benzene ring substituents is 1. The van der Waals surface area contributed by atoms with E-state index >= 15 is 0 Å². The SMILES string of the molecule is CC(C)(C)NC(=O)NCc1nnc(SCc2ccccc2)n1-c1ccc([N+](=O)[O-])cc1. The number of hydrogen-bond acceptors (Lipinski definition) is 6. The largest absolute Gasteiger partial charge is 0.334 e. The zero-order chi connectivity index (χ0) is 22.4. The highest BCUT2D eigenvalue weighted by Gasteiger charge is 2.18. The molecule has 0 fully saturated rings. The average Bonchev–Trinajstić information content (AvgIpc) is 3.13. The van der Waals surface area contributed by atoms with Crippen molar-refractivity contribution in [1.29, 1.82) is 0 Å². The highest BCUT2D eigenvalue weighted by atomic mass is 32.2. The molecular weight excluding hydrogens is 416 g/mol. The molecule has 0 aliphatic heterocycles. The zero-order valence-corrected chi connectivity index (χ0v) is 18.3. The Labute approximate surface area is 184 Å². The minimum atomic E-state index is -0.444. The summed E-state index contributed by atoms with van der Waals surface area (Å²) in [5, 5.41) is 25.8. The van der Waals surface area contributed by atoms with Gasteiger partial charge in [-0.3, -0.25) is 14.7 Å². The topological polar surface area (TPSA) is 115 Å². The highest BCUT2D eigenvalue weighted by molar-refractivity contribution is 7.98. The van der Waals surface area contributed by atoms with Gasteiger partial charge in [0.25, 0.3) is 5.69 Å². The number of nitro benzene ring substituents is 1. The van der Waals surface area contributed by atoms with E-state index < -0.39 is 4.92 Å². The van der Waals surface area contributed by atoms with Gasteiger partial charge >= 0.3 is 6.03 Å². The summed E-state index contributed by atoms with van der Waals surface area (Å²) in [6, 6.07) is 15.8. The number of rotatable bonds is 7. The first-order chi connectivity index (χ1) is 14.7. The number of amides is 2. The Bertz CT molecular complexity index is 1050. The second-order valence-electron chi connectivity index (χ2n) is 7.84. The fourth-order valence-corrected chi connectivity index (χ4v) is 3.68. The molecule has 0 bridgehead atoms. The van der Waals surface area contributed by atoms with E-state index in [-0.39, 0.29) is 23.8 Å². The van der Waals surface area contributed by atoms with Crippen LogP contribution in [0.3, 0.4) is 0 Å². The molecule has 0 spiro atoms. The lowest BCUT2D eigenvalue weighted by Gasteiger charge is -2.20. The van der Waals surface area contributed by atoms with Gasteiger partial charge in [0, 0.05) is 29.1 Å². The Morgan fingerprint density at radius 3 is 2.39 bits per heavy atom. The number of aromatic nitrogens is 3. The average molecular weight is 441 g/mol. The normalized spacial score (nSPS) is 11.2. The predicted octanol–water partition coefficient (Wildman–Crippen LogP) is 4.07. The number of nitro groups is 1. The van der Waals surface area contributed by atoms with E-state index in [1.54, 1.807) is 16.7 Å². The van der Waals surface area contributed by atoms with Gasteiger partial charge in [0.15, 0.2) is 11.0 Å². The number of hydrogen-bond donors (Lipinski definition) is 2. The molecule has 0 radical (unpaired) electrons. The second kappa shape index (κ2) is 9.61. The smallest absolute Gasteiger partial charge is 0.315 e. The maximum absolute atomic E-state index is 12.2. The molecule has 1 aromatic heterocycles.